The molecule has 0 saturated carbocycles. The summed E-state index contributed by atoms with van der Waals surface area (Å²) in [5.74, 6) is -0.722. The highest BCUT2D eigenvalue weighted by Gasteiger charge is 1.95. The van der Waals surface area contributed by atoms with Crippen LogP contribution in [0.2, 0.25) is 0 Å². The number of nitroso groups, excluding NO2 is 1. The van der Waals surface area contributed by atoms with E-state index in [-0.39, 0.29) is 3.79 Å². The van der Waals surface area contributed by atoms with Gasteiger partial charge in [0.25, 0.3) is 0 Å². The molecular formula is C11H16INO3. The second-order valence-electron chi connectivity index (χ2n) is 3.49. The molecule has 0 fully saturated rings. The van der Waals surface area contributed by atoms with Gasteiger partial charge in [-0.3, -0.25) is 9.59 Å². The Morgan fingerprint density at radius 3 is 2.31 bits per heavy atom. The molecule has 90 valence electrons. The van der Waals surface area contributed by atoms with Crippen molar-refractivity contribution >= 4 is 32.3 Å². The van der Waals surface area contributed by atoms with Crippen molar-refractivity contribution in [1.29, 1.82) is 0 Å². The molecule has 0 unspecified atom stereocenters. The first-order valence-corrected chi connectivity index (χ1v) is 6.47. The lowest BCUT2D eigenvalue weighted by Crippen LogP contribution is -1.86. The third kappa shape index (κ3) is 11.5. The lowest BCUT2D eigenvalue weighted by Gasteiger charge is -1.97. The molecule has 16 heavy (non-hydrogen) atoms. The van der Waals surface area contributed by atoms with Crippen LogP contribution in [-0.4, -0.2) is 9.70 Å². The molecule has 4 nitrogen and oxygen atoms in total. The molecule has 0 N–H and O–H groups in total. The maximum absolute atomic E-state index is 10.6. The monoisotopic (exact) mass is 337 g/mol. The van der Waals surface area contributed by atoms with Crippen molar-refractivity contribution in [2.24, 2.45) is 5.18 Å². The summed E-state index contributed by atoms with van der Waals surface area (Å²) in [6.07, 6.45) is 9.59. The first-order valence-electron chi connectivity index (χ1n) is 5.39. The van der Waals surface area contributed by atoms with Gasteiger partial charge in [0.05, 0.1) is 0 Å². The zero-order valence-corrected chi connectivity index (χ0v) is 11.3. The van der Waals surface area contributed by atoms with Gasteiger partial charge in [0.1, 0.15) is 0 Å². The summed E-state index contributed by atoms with van der Waals surface area (Å²) in [5, 5.41) is 2.25. The SMILES string of the molecule is O=NC(=O)/C=C\CCCCCCCC(=O)I. The summed E-state index contributed by atoms with van der Waals surface area (Å²) in [6, 6.07) is 0. The summed E-state index contributed by atoms with van der Waals surface area (Å²) < 4.78 is 0.223. The van der Waals surface area contributed by atoms with Gasteiger partial charge in [0.2, 0.25) is 0 Å². The molecular weight excluding hydrogens is 321 g/mol. The third-order valence-electron chi connectivity index (χ3n) is 2.09. The first-order chi connectivity index (χ1) is 7.66. The molecule has 0 rings (SSSR count). The molecule has 0 radical (unpaired) electrons. The highest BCUT2D eigenvalue weighted by atomic mass is 127. The van der Waals surface area contributed by atoms with E-state index in [4.69, 9.17) is 0 Å². The largest absolute Gasteiger partial charge is 0.309 e. The molecule has 0 heterocycles. The number of nitrogens with zero attached hydrogens (tertiary/aromatic N) is 1. The number of unbranched alkanes of at least 4 members (excludes halogenated alkanes) is 5. The minimum absolute atomic E-state index is 0.223. The molecule has 0 atom stereocenters. The molecule has 5 heteroatoms. The van der Waals surface area contributed by atoms with E-state index in [1.807, 2.05) is 22.6 Å². The fourth-order valence-electron chi connectivity index (χ4n) is 1.27. The molecule has 0 bridgehead atoms. The van der Waals surface area contributed by atoms with E-state index in [1.54, 1.807) is 6.08 Å². The van der Waals surface area contributed by atoms with Crippen LogP contribution in [0.1, 0.15) is 44.9 Å². The van der Waals surface area contributed by atoms with Crippen LogP contribution < -0.4 is 0 Å². The van der Waals surface area contributed by atoms with E-state index in [0.717, 1.165) is 38.5 Å². The Hall–Kier alpha value is -0.590. The fraction of sp³-hybridized carbons (Fsp3) is 0.636. The normalized spacial score (nSPS) is 10.6. The Morgan fingerprint density at radius 1 is 1.06 bits per heavy atom. The van der Waals surface area contributed by atoms with Gasteiger partial charge in [0, 0.05) is 17.7 Å². The zero-order chi connectivity index (χ0) is 12.2. The van der Waals surface area contributed by atoms with E-state index in [0.29, 0.717) is 6.42 Å². The van der Waals surface area contributed by atoms with Gasteiger partial charge in [0.15, 0.2) is 3.79 Å². The number of allylic oxidation sites excluding steroid dienone is 1. The fourth-order valence-corrected chi connectivity index (χ4v) is 1.65. The number of halogens is 1. The maximum atomic E-state index is 10.6. The van der Waals surface area contributed by atoms with Crippen molar-refractivity contribution in [2.45, 2.75) is 44.9 Å². The topological polar surface area (TPSA) is 63.6 Å². The molecule has 0 saturated heterocycles. The summed E-state index contributed by atoms with van der Waals surface area (Å²) in [5.41, 5.74) is 0. The second kappa shape index (κ2) is 10.9. The van der Waals surface area contributed by atoms with Crippen LogP contribution in [0.3, 0.4) is 0 Å². The predicted octanol–water partition coefficient (Wildman–Crippen LogP) is 3.53. The van der Waals surface area contributed by atoms with E-state index in [9.17, 15) is 14.5 Å². The molecule has 0 aliphatic heterocycles. The van der Waals surface area contributed by atoms with E-state index in [2.05, 4.69) is 5.18 Å². The molecule has 0 aliphatic rings. The second-order valence-corrected chi connectivity index (χ2v) is 4.70. The average Bonchev–Trinajstić information content (AvgIpc) is 2.26. The van der Waals surface area contributed by atoms with E-state index in [1.165, 1.54) is 6.08 Å². The van der Waals surface area contributed by atoms with Crippen LogP contribution in [0.5, 0.6) is 0 Å². The molecule has 1 amide bonds. The Morgan fingerprint density at radius 2 is 1.69 bits per heavy atom. The Bertz CT molecular complexity index is 264. The van der Waals surface area contributed by atoms with Crippen LogP contribution in [-0.2, 0) is 9.59 Å². The summed E-state index contributed by atoms with van der Waals surface area (Å²) >= 11 is 1.82. The highest BCUT2D eigenvalue weighted by molar-refractivity contribution is 14.1. The van der Waals surface area contributed by atoms with Crippen LogP contribution >= 0.6 is 22.6 Å². The third-order valence-corrected chi connectivity index (χ3v) is 2.63. The van der Waals surface area contributed by atoms with Crippen molar-refractivity contribution in [1.82, 2.24) is 0 Å². The Balaban J connectivity index is 3.21. The van der Waals surface area contributed by atoms with E-state index >= 15 is 0 Å². The van der Waals surface area contributed by atoms with Gasteiger partial charge >= 0.3 is 5.91 Å². The molecule has 0 aromatic carbocycles. The number of hydrogen-bond donors (Lipinski definition) is 0. The van der Waals surface area contributed by atoms with Gasteiger partial charge in [-0.25, -0.2) is 0 Å². The van der Waals surface area contributed by atoms with Crippen LogP contribution in [0.25, 0.3) is 0 Å². The molecule has 0 aromatic heterocycles. The van der Waals surface area contributed by atoms with Crippen molar-refractivity contribution in [3.8, 4) is 0 Å². The van der Waals surface area contributed by atoms with Gasteiger partial charge in [-0.2, -0.15) is 0 Å². The molecule has 0 spiro atoms. The van der Waals surface area contributed by atoms with Crippen molar-refractivity contribution in [3.63, 3.8) is 0 Å². The number of amides is 1. The summed E-state index contributed by atoms with van der Waals surface area (Å²) in [7, 11) is 0. The molecule has 0 aromatic rings. The van der Waals surface area contributed by atoms with Crippen LogP contribution in [0.4, 0.5) is 0 Å². The predicted molar refractivity (Wildman–Crippen MR) is 71.3 cm³/mol. The van der Waals surface area contributed by atoms with Gasteiger partial charge in [-0.1, -0.05) is 25.3 Å². The Labute approximate surface area is 109 Å². The van der Waals surface area contributed by atoms with Crippen LogP contribution in [0.15, 0.2) is 17.3 Å². The average molecular weight is 337 g/mol. The number of rotatable bonds is 9. The number of carbonyl (C=O) groups is 2. The van der Waals surface area contributed by atoms with Gasteiger partial charge < -0.3 is 0 Å². The quantitative estimate of drug-likeness (QED) is 0.213. The van der Waals surface area contributed by atoms with Gasteiger partial charge in [-0.15, -0.1) is 4.91 Å². The number of hydrogen-bond acceptors (Lipinski definition) is 3. The lowest BCUT2D eigenvalue weighted by molar-refractivity contribution is -0.113. The summed E-state index contributed by atoms with van der Waals surface area (Å²) in [6.45, 7) is 0. The number of carbonyl (C=O) groups excluding carboxylic acids is 2. The van der Waals surface area contributed by atoms with Crippen molar-refractivity contribution < 1.29 is 9.59 Å². The highest BCUT2D eigenvalue weighted by Crippen LogP contribution is 2.09. The first kappa shape index (κ1) is 15.4. The standard InChI is InChI=1S/C11H16INO3/c12-10(14)8-6-4-2-1-3-5-7-9-11(15)13-16/h7,9H,1-6,8H2/b9-7-. The van der Waals surface area contributed by atoms with Crippen molar-refractivity contribution in [2.75, 3.05) is 0 Å². The minimum atomic E-state index is -0.722. The lowest BCUT2D eigenvalue weighted by atomic mass is 10.1. The minimum Gasteiger partial charge on any atom is -0.288 e. The van der Waals surface area contributed by atoms with E-state index < -0.39 is 5.91 Å². The van der Waals surface area contributed by atoms with Crippen molar-refractivity contribution in [3.05, 3.63) is 17.1 Å². The van der Waals surface area contributed by atoms with Gasteiger partial charge in [-0.05, 0) is 41.9 Å². The zero-order valence-electron chi connectivity index (χ0n) is 9.15. The summed E-state index contributed by atoms with van der Waals surface area (Å²) in [4.78, 5) is 30.8. The maximum Gasteiger partial charge on any atom is 0.309 e. The smallest absolute Gasteiger partial charge is 0.288 e. The van der Waals surface area contributed by atoms with Crippen LogP contribution in [0, 0.1) is 4.91 Å². The Kier molecular flexibility index (Phi) is 10.5. The molecule has 0 aliphatic carbocycles.